The van der Waals surface area contributed by atoms with Gasteiger partial charge in [0.15, 0.2) is 0 Å². The van der Waals surface area contributed by atoms with Gasteiger partial charge in [-0.1, -0.05) is 12.1 Å². The molecule has 3 N–H and O–H groups in total. The Labute approximate surface area is 186 Å². The fraction of sp³-hybridized carbons (Fsp3) is 0.227. The zero-order valence-corrected chi connectivity index (χ0v) is 18.6. The molecule has 3 aromatic rings. The Kier molecular flexibility index (Phi) is 7.06. The van der Waals surface area contributed by atoms with E-state index in [0.29, 0.717) is 35.5 Å². The van der Waals surface area contributed by atoms with Crippen molar-refractivity contribution in [3.8, 4) is 5.69 Å². The van der Waals surface area contributed by atoms with Crippen LogP contribution in [-0.4, -0.2) is 43.2 Å². The van der Waals surface area contributed by atoms with E-state index in [0.717, 1.165) is 5.56 Å². The maximum absolute atomic E-state index is 12.4. The normalized spacial score (nSPS) is 11.2. The van der Waals surface area contributed by atoms with Crippen LogP contribution < -0.4 is 10.5 Å². The van der Waals surface area contributed by atoms with Gasteiger partial charge in [-0.25, -0.2) is 23.0 Å². The van der Waals surface area contributed by atoms with Crippen LogP contribution in [0.15, 0.2) is 59.6 Å². The fourth-order valence-electron chi connectivity index (χ4n) is 3.10. The van der Waals surface area contributed by atoms with Gasteiger partial charge < -0.3 is 10.1 Å². The van der Waals surface area contributed by atoms with Crippen LogP contribution in [0.2, 0.25) is 0 Å². The van der Waals surface area contributed by atoms with Crippen molar-refractivity contribution in [1.29, 1.82) is 0 Å². The van der Waals surface area contributed by atoms with Crippen molar-refractivity contribution < 1.29 is 22.7 Å². The number of hydrogen-bond donors (Lipinski definition) is 2. The van der Waals surface area contributed by atoms with E-state index in [4.69, 9.17) is 9.88 Å². The molecule has 0 unspecified atom stereocenters. The molecule has 0 bridgehead atoms. The number of esters is 1. The number of nitrogens with two attached hydrogens (primary N) is 1. The number of carbonyl (C=O) groups is 2. The molecule has 0 aliphatic heterocycles. The van der Waals surface area contributed by atoms with Crippen molar-refractivity contribution in [2.45, 2.75) is 25.2 Å². The first-order valence-electron chi connectivity index (χ1n) is 9.93. The average molecular weight is 457 g/mol. The van der Waals surface area contributed by atoms with Gasteiger partial charge in [-0.05, 0) is 62.2 Å². The van der Waals surface area contributed by atoms with Gasteiger partial charge in [-0.15, -0.1) is 0 Å². The summed E-state index contributed by atoms with van der Waals surface area (Å²) in [7, 11) is -3.72. The molecular formula is C22H24N4O5S. The molecule has 0 saturated heterocycles. The molecule has 2 aromatic carbocycles. The smallest absolute Gasteiger partial charge is 0.341 e. The van der Waals surface area contributed by atoms with Gasteiger partial charge in [-0.3, -0.25) is 4.79 Å². The SMILES string of the molecule is CCOC(=O)c1cnn(-c2ccc(C(=O)NCCc3ccc(S(N)(=O)=O)cc3)cc2)c1C. The molecule has 1 aromatic heterocycles. The third-order valence-electron chi connectivity index (χ3n) is 4.83. The predicted octanol–water partition coefficient (Wildman–Crippen LogP) is 1.98. The van der Waals surface area contributed by atoms with Crippen molar-refractivity contribution in [1.82, 2.24) is 15.1 Å². The minimum Gasteiger partial charge on any atom is -0.462 e. The van der Waals surface area contributed by atoms with Crippen molar-refractivity contribution in [3.63, 3.8) is 0 Å². The molecule has 1 amide bonds. The van der Waals surface area contributed by atoms with Crippen molar-refractivity contribution in [2.24, 2.45) is 5.14 Å². The largest absolute Gasteiger partial charge is 0.462 e. The first kappa shape index (κ1) is 23.2. The van der Waals surface area contributed by atoms with Crippen molar-refractivity contribution >= 4 is 21.9 Å². The number of hydrogen-bond acceptors (Lipinski definition) is 6. The summed E-state index contributed by atoms with van der Waals surface area (Å²) in [5, 5.41) is 12.2. The second kappa shape index (κ2) is 9.75. The summed E-state index contributed by atoms with van der Waals surface area (Å²) in [5.41, 5.74) is 3.11. The molecule has 3 rings (SSSR count). The van der Waals surface area contributed by atoms with E-state index in [1.54, 1.807) is 54.9 Å². The monoisotopic (exact) mass is 456 g/mol. The van der Waals surface area contributed by atoms with Gasteiger partial charge in [0.1, 0.15) is 5.56 Å². The summed E-state index contributed by atoms with van der Waals surface area (Å²) in [6, 6.07) is 13.1. The number of benzene rings is 2. The molecule has 0 spiro atoms. The van der Waals surface area contributed by atoms with Gasteiger partial charge in [0, 0.05) is 12.1 Å². The first-order chi connectivity index (χ1) is 15.2. The highest BCUT2D eigenvalue weighted by molar-refractivity contribution is 7.89. The molecule has 0 aliphatic carbocycles. The number of carbonyl (C=O) groups excluding carboxylic acids is 2. The summed E-state index contributed by atoms with van der Waals surface area (Å²) >= 11 is 0. The Bertz CT molecular complexity index is 1220. The van der Waals surface area contributed by atoms with Gasteiger partial charge >= 0.3 is 5.97 Å². The van der Waals surface area contributed by atoms with Crippen LogP contribution in [0, 0.1) is 6.92 Å². The van der Waals surface area contributed by atoms with E-state index in [9.17, 15) is 18.0 Å². The van der Waals surface area contributed by atoms with E-state index < -0.39 is 16.0 Å². The minimum absolute atomic E-state index is 0.0483. The highest BCUT2D eigenvalue weighted by Gasteiger charge is 2.16. The predicted molar refractivity (Wildman–Crippen MR) is 118 cm³/mol. The van der Waals surface area contributed by atoms with Crippen LogP contribution in [0.5, 0.6) is 0 Å². The number of aromatic nitrogens is 2. The van der Waals surface area contributed by atoms with E-state index in [-0.39, 0.29) is 17.4 Å². The minimum atomic E-state index is -3.72. The molecule has 0 fully saturated rings. The standard InChI is InChI=1S/C22H24N4O5S/c1-3-31-22(28)20-14-25-26(15(20)2)18-8-6-17(7-9-18)21(27)24-13-12-16-4-10-19(11-5-16)32(23,29)30/h4-11,14H,3,12-13H2,1-2H3,(H,24,27)(H2,23,29,30). The molecule has 10 heteroatoms. The number of amides is 1. The third kappa shape index (κ3) is 5.40. The molecule has 168 valence electrons. The maximum atomic E-state index is 12.4. The first-order valence-corrected chi connectivity index (χ1v) is 11.5. The zero-order chi connectivity index (χ0) is 23.3. The van der Waals surface area contributed by atoms with Crippen LogP contribution in [0.1, 0.15) is 38.9 Å². The Morgan fingerprint density at radius 3 is 2.34 bits per heavy atom. The topological polar surface area (TPSA) is 133 Å². The van der Waals surface area contributed by atoms with Crippen molar-refractivity contribution in [2.75, 3.05) is 13.2 Å². The molecule has 1 heterocycles. The quantitative estimate of drug-likeness (QED) is 0.498. The molecule has 9 nitrogen and oxygen atoms in total. The Balaban J connectivity index is 1.59. The third-order valence-corrected chi connectivity index (χ3v) is 5.76. The van der Waals surface area contributed by atoms with Crippen LogP contribution in [0.4, 0.5) is 0 Å². The van der Waals surface area contributed by atoms with Crippen LogP contribution in [0.3, 0.4) is 0 Å². The van der Waals surface area contributed by atoms with E-state index in [1.807, 2.05) is 0 Å². The van der Waals surface area contributed by atoms with Crippen LogP contribution >= 0.6 is 0 Å². The van der Waals surface area contributed by atoms with Gasteiger partial charge in [0.25, 0.3) is 5.91 Å². The van der Waals surface area contributed by atoms with E-state index in [1.165, 1.54) is 18.3 Å². The molecule has 0 aliphatic rings. The summed E-state index contributed by atoms with van der Waals surface area (Å²) in [6.07, 6.45) is 2.00. The van der Waals surface area contributed by atoms with Crippen LogP contribution in [0.25, 0.3) is 5.69 Å². The number of nitrogens with one attached hydrogen (secondary N) is 1. The molecular weight excluding hydrogens is 432 g/mol. The summed E-state index contributed by atoms with van der Waals surface area (Å²) in [5.74, 6) is -0.659. The Hall–Kier alpha value is -3.50. The van der Waals surface area contributed by atoms with Crippen molar-refractivity contribution in [3.05, 3.63) is 77.1 Å². The number of rotatable bonds is 8. The van der Waals surface area contributed by atoms with Gasteiger partial charge in [0.05, 0.1) is 29.1 Å². The van der Waals surface area contributed by atoms with Gasteiger partial charge in [-0.2, -0.15) is 5.10 Å². The fourth-order valence-corrected chi connectivity index (χ4v) is 3.62. The molecule has 0 radical (unpaired) electrons. The van der Waals surface area contributed by atoms with Crippen LogP contribution in [-0.2, 0) is 21.2 Å². The lowest BCUT2D eigenvalue weighted by molar-refractivity contribution is 0.0525. The number of ether oxygens (including phenoxy) is 1. The molecule has 32 heavy (non-hydrogen) atoms. The summed E-state index contributed by atoms with van der Waals surface area (Å²) < 4.78 is 29.2. The lowest BCUT2D eigenvalue weighted by Crippen LogP contribution is -2.25. The molecule has 0 atom stereocenters. The second-order valence-corrected chi connectivity index (χ2v) is 8.58. The highest BCUT2D eigenvalue weighted by atomic mass is 32.2. The second-order valence-electron chi connectivity index (χ2n) is 7.02. The summed E-state index contributed by atoms with van der Waals surface area (Å²) in [4.78, 5) is 24.4. The lowest BCUT2D eigenvalue weighted by Gasteiger charge is -2.08. The highest BCUT2D eigenvalue weighted by Crippen LogP contribution is 2.16. The Morgan fingerprint density at radius 1 is 1.09 bits per heavy atom. The number of nitrogens with zero attached hydrogens (tertiary/aromatic N) is 2. The number of primary sulfonamides is 1. The maximum Gasteiger partial charge on any atom is 0.341 e. The van der Waals surface area contributed by atoms with E-state index in [2.05, 4.69) is 10.4 Å². The van der Waals surface area contributed by atoms with E-state index >= 15 is 0 Å². The molecule has 0 saturated carbocycles. The zero-order valence-electron chi connectivity index (χ0n) is 17.7. The van der Waals surface area contributed by atoms with Gasteiger partial charge in [0.2, 0.25) is 10.0 Å². The lowest BCUT2D eigenvalue weighted by atomic mass is 10.1. The number of sulfonamides is 1. The Morgan fingerprint density at radius 2 is 1.75 bits per heavy atom. The summed E-state index contributed by atoms with van der Waals surface area (Å²) in [6.45, 7) is 4.19. The average Bonchev–Trinajstić information content (AvgIpc) is 3.15.